The number of carbonyl (C=O) groups excluding carboxylic acids is 1. The number of rotatable bonds is 11. The molecule has 210 valence electrons. The lowest BCUT2D eigenvalue weighted by Gasteiger charge is -2.41. The van der Waals surface area contributed by atoms with Crippen LogP contribution in [0.1, 0.15) is 57.8 Å². The van der Waals surface area contributed by atoms with Gasteiger partial charge in [-0.1, -0.05) is 25.7 Å². The maximum absolute atomic E-state index is 11.4. The Labute approximate surface area is 231 Å². The maximum Gasteiger partial charge on any atom is 0.234 e. The van der Waals surface area contributed by atoms with E-state index in [9.17, 15) is 4.79 Å². The average molecular weight is 547 g/mol. The second-order valence-electron chi connectivity index (χ2n) is 10.4. The lowest BCUT2D eigenvalue weighted by molar-refractivity contribution is -0.118. The van der Waals surface area contributed by atoms with Crippen molar-refractivity contribution >= 4 is 40.2 Å². The molecule has 1 aromatic carbocycles. The smallest absolute Gasteiger partial charge is 0.234 e. The molecule has 1 amide bonds. The van der Waals surface area contributed by atoms with Crippen LogP contribution < -0.4 is 25.0 Å². The van der Waals surface area contributed by atoms with Gasteiger partial charge < -0.3 is 29.9 Å². The highest BCUT2D eigenvalue weighted by molar-refractivity contribution is 6.27. The SMILES string of the molecule is COc1cc2nc(NCCCNC(=O)CCl)nc(N(C)C3CCN(C4CCCCCC4)CC3)c2cc1OC. The summed E-state index contributed by atoms with van der Waals surface area (Å²) in [4.78, 5) is 26.2. The molecule has 0 radical (unpaired) electrons. The van der Waals surface area contributed by atoms with Gasteiger partial charge in [-0.25, -0.2) is 4.98 Å². The van der Waals surface area contributed by atoms with Gasteiger partial charge in [0.2, 0.25) is 11.9 Å². The zero-order valence-electron chi connectivity index (χ0n) is 23.1. The summed E-state index contributed by atoms with van der Waals surface area (Å²) in [7, 11) is 5.43. The van der Waals surface area contributed by atoms with Crippen molar-refractivity contribution in [2.45, 2.75) is 69.9 Å². The minimum absolute atomic E-state index is 0.0260. The average Bonchev–Trinajstić information content (AvgIpc) is 3.25. The molecule has 38 heavy (non-hydrogen) atoms. The Morgan fingerprint density at radius 2 is 1.71 bits per heavy atom. The Morgan fingerprint density at radius 1 is 1.03 bits per heavy atom. The summed E-state index contributed by atoms with van der Waals surface area (Å²) in [5.41, 5.74) is 0.799. The molecule has 1 aromatic heterocycles. The minimum Gasteiger partial charge on any atom is -0.493 e. The minimum atomic E-state index is -0.163. The van der Waals surface area contributed by atoms with Gasteiger partial charge in [0.15, 0.2) is 11.5 Å². The van der Waals surface area contributed by atoms with Crippen LogP contribution in [0.25, 0.3) is 10.9 Å². The van der Waals surface area contributed by atoms with Crippen LogP contribution in [0.3, 0.4) is 0 Å². The predicted octanol–water partition coefficient (Wildman–Crippen LogP) is 4.43. The highest BCUT2D eigenvalue weighted by Gasteiger charge is 2.29. The Hall–Kier alpha value is -2.52. The van der Waals surface area contributed by atoms with Crippen LogP contribution in [0.15, 0.2) is 12.1 Å². The zero-order valence-corrected chi connectivity index (χ0v) is 23.9. The van der Waals surface area contributed by atoms with Crippen LogP contribution in [0.2, 0.25) is 0 Å². The molecule has 2 fully saturated rings. The molecule has 0 atom stereocenters. The van der Waals surface area contributed by atoms with Gasteiger partial charge in [-0.2, -0.15) is 4.98 Å². The molecule has 1 saturated carbocycles. The number of likely N-dealkylation sites (tertiary alicyclic amines) is 1. The molecule has 2 aliphatic rings. The van der Waals surface area contributed by atoms with Crippen molar-refractivity contribution in [3.63, 3.8) is 0 Å². The number of methoxy groups -OCH3 is 2. The summed E-state index contributed by atoms with van der Waals surface area (Å²) in [5, 5.41) is 7.06. The number of amides is 1. The molecule has 1 aliphatic heterocycles. The van der Waals surface area contributed by atoms with Gasteiger partial charge >= 0.3 is 0 Å². The van der Waals surface area contributed by atoms with E-state index in [1.165, 1.54) is 38.5 Å². The number of nitrogens with zero attached hydrogens (tertiary/aromatic N) is 4. The molecular weight excluding hydrogens is 504 g/mol. The number of benzene rings is 1. The molecule has 9 nitrogen and oxygen atoms in total. The summed E-state index contributed by atoms with van der Waals surface area (Å²) in [6, 6.07) is 5.05. The monoisotopic (exact) mass is 546 g/mol. The lowest BCUT2D eigenvalue weighted by Crippen LogP contribution is -2.47. The van der Waals surface area contributed by atoms with Gasteiger partial charge in [0.1, 0.15) is 11.7 Å². The van der Waals surface area contributed by atoms with Crippen molar-refractivity contribution in [1.82, 2.24) is 20.2 Å². The fraction of sp³-hybridized carbons (Fsp3) is 0.679. The number of hydrogen-bond donors (Lipinski definition) is 2. The number of ether oxygens (including phenoxy) is 2. The summed E-state index contributed by atoms with van der Waals surface area (Å²) in [6.07, 6.45) is 11.2. The number of fused-ring (bicyclic) bond motifs is 1. The van der Waals surface area contributed by atoms with E-state index in [1.807, 2.05) is 12.1 Å². The third kappa shape index (κ3) is 7.11. The second kappa shape index (κ2) is 14.0. The standard InChI is InChI=1S/C28H43ClN6O3/c1-34(20-11-15-35(16-12-20)21-9-6-4-5-7-10-21)27-22-17-24(37-2)25(38-3)18-23(22)32-28(33-27)31-14-8-13-30-26(36)19-29/h17-18,20-21H,4-16,19H2,1-3H3,(H,30,36)(H,31,32,33). The first-order chi connectivity index (χ1) is 18.5. The van der Waals surface area contributed by atoms with E-state index < -0.39 is 0 Å². The van der Waals surface area contributed by atoms with Gasteiger partial charge in [0.25, 0.3) is 0 Å². The molecular formula is C28H43ClN6O3. The highest BCUT2D eigenvalue weighted by atomic mass is 35.5. The number of piperidine rings is 1. The Kier molecular flexibility index (Phi) is 10.5. The number of carbonyl (C=O) groups is 1. The van der Waals surface area contributed by atoms with Crippen molar-refractivity contribution in [2.75, 3.05) is 63.5 Å². The molecule has 4 rings (SSSR count). The molecule has 2 heterocycles. The van der Waals surface area contributed by atoms with Crippen molar-refractivity contribution in [1.29, 1.82) is 0 Å². The number of hydrogen-bond acceptors (Lipinski definition) is 8. The Morgan fingerprint density at radius 3 is 2.37 bits per heavy atom. The molecule has 10 heteroatoms. The van der Waals surface area contributed by atoms with Crippen molar-refractivity contribution in [2.24, 2.45) is 0 Å². The fourth-order valence-corrected chi connectivity index (χ4v) is 5.88. The molecule has 0 bridgehead atoms. The van der Waals surface area contributed by atoms with E-state index in [0.717, 1.165) is 55.1 Å². The van der Waals surface area contributed by atoms with E-state index in [0.29, 0.717) is 36.6 Å². The summed E-state index contributed by atoms with van der Waals surface area (Å²) < 4.78 is 11.2. The van der Waals surface area contributed by atoms with Crippen LogP contribution in [0, 0.1) is 0 Å². The second-order valence-corrected chi connectivity index (χ2v) is 10.6. The quantitative estimate of drug-likeness (QED) is 0.243. The first-order valence-corrected chi connectivity index (χ1v) is 14.5. The molecule has 2 N–H and O–H groups in total. The van der Waals surface area contributed by atoms with E-state index in [2.05, 4.69) is 27.5 Å². The normalized spacial score (nSPS) is 17.7. The lowest BCUT2D eigenvalue weighted by atomic mass is 9.98. The third-order valence-corrected chi connectivity index (χ3v) is 8.23. The van der Waals surface area contributed by atoms with Crippen LogP contribution in [0.4, 0.5) is 11.8 Å². The number of aromatic nitrogens is 2. The predicted molar refractivity (Wildman–Crippen MR) is 154 cm³/mol. The number of anilines is 2. The van der Waals surface area contributed by atoms with Crippen molar-refractivity contribution in [3.8, 4) is 11.5 Å². The van der Waals surface area contributed by atoms with Gasteiger partial charge in [-0.3, -0.25) is 4.79 Å². The van der Waals surface area contributed by atoms with E-state index in [1.54, 1.807) is 14.2 Å². The van der Waals surface area contributed by atoms with Crippen LogP contribution >= 0.6 is 11.6 Å². The van der Waals surface area contributed by atoms with Gasteiger partial charge in [-0.05, 0) is 38.2 Å². The van der Waals surface area contributed by atoms with Gasteiger partial charge in [0.05, 0.1) is 19.7 Å². The summed E-state index contributed by atoms with van der Waals surface area (Å²) in [5.74, 6) is 2.56. The summed E-state index contributed by atoms with van der Waals surface area (Å²) in [6.45, 7) is 3.45. The molecule has 0 spiro atoms. The van der Waals surface area contributed by atoms with E-state index in [4.69, 9.17) is 31.0 Å². The fourth-order valence-electron chi connectivity index (χ4n) is 5.79. The third-order valence-electron chi connectivity index (χ3n) is 7.98. The number of alkyl halides is 1. The maximum atomic E-state index is 11.4. The van der Waals surface area contributed by atoms with Crippen molar-refractivity contribution in [3.05, 3.63) is 12.1 Å². The van der Waals surface area contributed by atoms with Crippen LogP contribution in [-0.2, 0) is 4.79 Å². The van der Waals surface area contributed by atoms with E-state index >= 15 is 0 Å². The first-order valence-electron chi connectivity index (χ1n) is 14.0. The Balaban J connectivity index is 1.51. The first kappa shape index (κ1) is 28.5. The molecule has 1 aliphatic carbocycles. The zero-order chi connectivity index (χ0) is 26.9. The largest absolute Gasteiger partial charge is 0.493 e. The highest BCUT2D eigenvalue weighted by Crippen LogP contribution is 2.37. The van der Waals surface area contributed by atoms with Gasteiger partial charge in [-0.15, -0.1) is 11.6 Å². The molecule has 0 unspecified atom stereocenters. The van der Waals surface area contributed by atoms with Crippen molar-refractivity contribution < 1.29 is 14.3 Å². The van der Waals surface area contributed by atoms with E-state index in [-0.39, 0.29) is 11.8 Å². The topological polar surface area (TPSA) is 91.8 Å². The number of nitrogens with one attached hydrogen (secondary N) is 2. The number of halogens is 1. The van der Waals surface area contributed by atoms with Crippen LogP contribution in [0.5, 0.6) is 11.5 Å². The molecule has 1 saturated heterocycles. The Bertz CT molecular complexity index is 1050. The van der Waals surface area contributed by atoms with Gasteiger partial charge in [0, 0.05) is 56.8 Å². The summed E-state index contributed by atoms with van der Waals surface area (Å²) >= 11 is 5.55. The molecule has 2 aromatic rings. The van der Waals surface area contributed by atoms with Crippen LogP contribution in [-0.4, -0.2) is 86.2 Å².